The summed E-state index contributed by atoms with van der Waals surface area (Å²) in [6.45, 7) is 0.831. The van der Waals surface area contributed by atoms with Gasteiger partial charge < -0.3 is 9.88 Å². The summed E-state index contributed by atoms with van der Waals surface area (Å²) in [4.78, 5) is 16.6. The maximum absolute atomic E-state index is 12.9. The average molecular weight is 344 g/mol. The third-order valence-corrected chi connectivity index (χ3v) is 3.81. The molecule has 1 aromatic heterocycles. The Balaban J connectivity index is 1.74. The lowest BCUT2D eigenvalue weighted by molar-refractivity contribution is 0.627. The second-order valence-corrected chi connectivity index (χ2v) is 5.75. The highest BCUT2D eigenvalue weighted by Gasteiger charge is 2.05. The van der Waals surface area contributed by atoms with Crippen LogP contribution in [0, 0.1) is 5.82 Å². The van der Waals surface area contributed by atoms with Crippen LogP contribution in [0.1, 0.15) is 11.1 Å². The van der Waals surface area contributed by atoms with E-state index in [1.807, 2.05) is 12.1 Å². The van der Waals surface area contributed by atoms with Crippen LogP contribution in [0.3, 0.4) is 0 Å². The summed E-state index contributed by atoms with van der Waals surface area (Å²) in [6, 6.07) is 13.4. The van der Waals surface area contributed by atoms with E-state index < -0.39 is 0 Å². The molecule has 0 amide bonds. The van der Waals surface area contributed by atoms with Crippen LogP contribution in [0.4, 0.5) is 10.2 Å². The predicted molar refractivity (Wildman–Crippen MR) is 92.8 cm³/mol. The number of rotatable bonds is 5. The van der Waals surface area contributed by atoms with Crippen molar-refractivity contribution < 1.29 is 4.39 Å². The van der Waals surface area contributed by atoms with Crippen LogP contribution in [-0.4, -0.2) is 9.55 Å². The van der Waals surface area contributed by atoms with Gasteiger partial charge in [0.25, 0.3) is 5.56 Å². The molecule has 3 rings (SSSR count). The topological polar surface area (TPSA) is 46.9 Å². The monoisotopic (exact) mass is 343 g/mol. The summed E-state index contributed by atoms with van der Waals surface area (Å²) in [7, 11) is 0. The van der Waals surface area contributed by atoms with Crippen molar-refractivity contribution in [3.05, 3.63) is 93.2 Å². The largest absolute Gasteiger partial charge is 0.361 e. The molecule has 1 N–H and O–H groups in total. The molecule has 0 aliphatic heterocycles. The molecule has 6 heteroatoms. The minimum absolute atomic E-state index is 0.213. The lowest BCUT2D eigenvalue weighted by Crippen LogP contribution is -2.24. The maximum Gasteiger partial charge on any atom is 0.293 e. The molecule has 0 aliphatic carbocycles. The average Bonchev–Trinajstić information content (AvgIpc) is 2.59. The second-order valence-electron chi connectivity index (χ2n) is 5.32. The van der Waals surface area contributed by atoms with Gasteiger partial charge in [-0.25, -0.2) is 9.37 Å². The maximum atomic E-state index is 12.9. The molecule has 0 saturated carbocycles. The fourth-order valence-corrected chi connectivity index (χ4v) is 2.39. The Labute approximate surface area is 143 Å². The van der Waals surface area contributed by atoms with Crippen LogP contribution >= 0.6 is 11.6 Å². The first kappa shape index (κ1) is 16.2. The minimum Gasteiger partial charge on any atom is -0.361 e. The lowest BCUT2D eigenvalue weighted by atomic mass is 10.2. The van der Waals surface area contributed by atoms with Crippen molar-refractivity contribution in [2.75, 3.05) is 5.32 Å². The fourth-order valence-electron chi connectivity index (χ4n) is 2.27. The van der Waals surface area contributed by atoms with E-state index in [-0.39, 0.29) is 17.2 Å². The van der Waals surface area contributed by atoms with Crippen LogP contribution in [0.2, 0.25) is 5.02 Å². The smallest absolute Gasteiger partial charge is 0.293 e. The van der Waals surface area contributed by atoms with Crippen molar-refractivity contribution in [2.45, 2.75) is 13.1 Å². The molecule has 2 aromatic carbocycles. The highest BCUT2D eigenvalue weighted by Crippen LogP contribution is 2.10. The predicted octanol–water partition coefficient (Wildman–Crippen LogP) is 3.70. The first-order valence-corrected chi connectivity index (χ1v) is 7.78. The molecule has 0 aliphatic rings. The summed E-state index contributed by atoms with van der Waals surface area (Å²) in [5, 5.41) is 3.65. The molecule has 0 bridgehead atoms. The van der Waals surface area contributed by atoms with Gasteiger partial charge in [0.05, 0.1) is 6.54 Å². The third kappa shape index (κ3) is 4.00. The fraction of sp³-hybridized carbons (Fsp3) is 0.111. The highest BCUT2D eigenvalue weighted by atomic mass is 35.5. The van der Waals surface area contributed by atoms with Crippen molar-refractivity contribution in [1.82, 2.24) is 9.55 Å². The Hall–Kier alpha value is -2.66. The van der Waals surface area contributed by atoms with Gasteiger partial charge in [0.15, 0.2) is 5.82 Å². The van der Waals surface area contributed by atoms with Crippen LogP contribution in [0.5, 0.6) is 0 Å². The van der Waals surface area contributed by atoms with Crippen LogP contribution in [0.25, 0.3) is 0 Å². The number of benzene rings is 2. The van der Waals surface area contributed by atoms with Gasteiger partial charge in [0.2, 0.25) is 0 Å². The minimum atomic E-state index is -0.290. The van der Waals surface area contributed by atoms with Gasteiger partial charge in [-0.15, -0.1) is 0 Å². The Bertz CT molecular complexity index is 876. The molecule has 0 saturated heterocycles. The van der Waals surface area contributed by atoms with E-state index in [1.54, 1.807) is 41.2 Å². The molecule has 1 heterocycles. The van der Waals surface area contributed by atoms with Crippen LogP contribution < -0.4 is 10.9 Å². The van der Waals surface area contributed by atoms with E-state index in [2.05, 4.69) is 10.3 Å². The standard InChI is InChI=1S/C18H15ClFN3O/c19-15-5-1-14(2-6-15)12-23-10-9-21-17(18(23)24)22-11-13-3-7-16(20)8-4-13/h1-10H,11-12H2,(H,21,22). The molecular weight excluding hydrogens is 329 g/mol. The van der Waals surface area contributed by atoms with Gasteiger partial charge in [-0.05, 0) is 35.4 Å². The first-order valence-electron chi connectivity index (χ1n) is 7.40. The summed E-state index contributed by atoms with van der Waals surface area (Å²) >= 11 is 5.87. The third-order valence-electron chi connectivity index (χ3n) is 3.55. The molecule has 24 heavy (non-hydrogen) atoms. The number of nitrogens with zero attached hydrogens (tertiary/aromatic N) is 2. The summed E-state index contributed by atoms with van der Waals surface area (Å²) in [6.07, 6.45) is 3.21. The quantitative estimate of drug-likeness (QED) is 0.768. The SMILES string of the molecule is O=c1c(NCc2ccc(F)cc2)nccn1Cc1ccc(Cl)cc1. The second kappa shape index (κ2) is 7.27. The van der Waals surface area contributed by atoms with Gasteiger partial charge in [-0.3, -0.25) is 4.79 Å². The zero-order chi connectivity index (χ0) is 16.9. The number of halogens is 2. The summed E-state index contributed by atoms with van der Waals surface area (Å²) < 4.78 is 14.5. The zero-order valence-electron chi connectivity index (χ0n) is 12.7. The van der Waals surface area contributed by atoms with Gasteiger partial charge in [0, 0.05) is 24.0 Å². The van der Waals surface area contributed by atoms with E-state index in [4.69, 9.17) is 11.6 Å². The van der Waals surface area contributed by atoms with E-state index in [1.165, 1.54) is 12.1 Å². The number of hydrogen-bond acceptors (Lipinski definition) is 3. The molecular formula is C18H15ClFN3O. The van der Waals surface area contributed by atoms with Gasteiger partial charge in [-0.2, -0.15) is 0 Å². The number of hydrogen-bond donors (Lipinski definition) is 1. The molecule has 4 nitrogen and oxygen atoms in total. The van der Waals surface area contributed by atoms with E-state index in [0.717, 1.165) is 11.1 Å². The van der Waals surface area contributed by atoms with Crippen molar-refractivity contribution in [3.63, 3.8) is 0 Å². The Kier molecular flexibility index (Phi) is 4.91. The van der Waals surface area contributed by atoms with Crippen molar-refractivity contribution >= 4 is 17.4 Å². The molecule has 0 unspecified atom stereocenters. The number of aromatic nitrogens is 2. The van der Waals surface area contributed by atoms with Gasteiger partial charge in [0.1, 0.15) is 5.82 Å². The summed E-state index contributed by atoms with van der Waals surface area (Å²) in [5.41, 5.74) is 1.62. The van der Waals surface area contributed by atoms with Crippen molar-refractivity contribution in [1.29, 1.82) is 0 Å². The van der Waals surface area contributed by atoms with E-state index in [0.29, 0.717) is 18.1 Å². The summed E-state index contributed by atoms with van der Waals surface area (Å²) in [5.74, 6) is -0.0299. The van der Waals surface area contributed by atoms with Crippen molar-refractivity contribution in [2.24, 2.45) is 0 Å². The van der Waals surface area contributed by atoms with Crippen LogP contribution in [0.15, 0.2) is 65.7 Å². The van der Waals surface area contributed by atoms with E-state index >= 15 is 0 Å². The Morgan fingerprint density at radius 2 is 1.71 bits per heavy atom. The molecule has 0 fully saturated rings. The zero-order valence-corrected chi connectivity index (χ0v) is 13.5. The normalized spacial score (nSPS) is 10.6. The van der Waals surface area contributed by atoms with E-state index in [9.17, 15) is 9.18 Å². The van der Waals surface area contributed by atoms with Gasteiger partial charge >= 0.3 is 0 Å². The molecule has 122 valence electrons. The Morgan fingerprint density at radius 1 is 1.04 bits per heavy atom. The number of anilines is 1. The molecule has 0 radical (unpaired) electrons. The lowest BCUT2D eigenvalue weighted by Gasteiger charge is -2.09. The van der Waals surface area contributed by atoms with Gasteiger partial charge in [-0.1, -0.05) is 35.9 Å². The number of nitrogens with one attached hydrogen (secondary N) is 1. The molecule has 0 spiro atoms. The molecule has 3 aromatic rings. The molecule has 0 atom stereocenters. The highest BCUT2D eigenvalue weighted by molar-refractivity contribution is 6.30. The Morgan fingerprint density at radius 3 is 2.42 bits per heavy atom. The van der Waals surface area contributed by atoms with Crippen LogP contribution in [-0.2, 0) is 13.1 Å². The van der Waals surface area contributed by atoms with Crippen molar-refractivity contribution in [3.8, 4) is 0 Å². The first-order chi connectivity index (χ1) is 11.6.